The number of fused-ring (bicyclic) bond motifs is 9. The summed E-state index contributed by atoms with van der Waals surface area (Å²) in [5.74, 6) is 0. The molecule has 0 unspecified atom stereocenters. The van der Waals surface area contributed by atoms with E-state index in [1.54, 1.807) is 0 Å². The highest BCUT2D eigenvalue weighted by Gasteiger charge is 2.20. The van der Waals surface area contributed by atoms with Crippen LogP contribution in [-0.4, -0.2) is 4.40 Å². The molecule has 2 heteroatoms. The fourth-order valence-corrected chi connectivity index (χ4v) is 8.37. The molecule has 10 rings (SSSR count). The number of hydrogen-bond donors (Lipinski definition) is 0. The van der Waals surface area contributed by atoms with E-state index in [0.717, 1.165) is 0 Å². The highest BCUT2D eigenvalue weighted by Crippen LogP contribution is 2.48. The molecule has 0 aliphatic rings. The van der Waals surface area contributed by atoms with Gasteiger partial charge in [0.15, 0.2) is 0 Å². The van der Waals surface area contributed by atoms with Crippen molar-refractivity contribution >= 4 is 91.1 Å². The summed E-state index contributed by atoms with van der Waals surface area (Å²) in [6.07, 6.45) is 0. The average Bonchev–Trinajstić information content (AvgIpc) is 3.63. The number of benzene rings is 7. The van der Waals surface area contributed by atoms with Gasteiger partial charge in [0.25, 0.3) is 0 Å². The first-order chi connectivity index (χ1) is 18.9. The van der Waals surface area contributed by atoms with E-state index in [1.807, 2.05) is 11.3 Å². The molecular formula is C36H19NS. The van der Waals surface area contributed by atoms with Crippen LogP contribution in [0.2, 0.25) is 0 Å². The van der Waals surface area contributed by atoms with Gasteiger partial charge >= 0.3 is 0 Å². The summed E-state index contributed by atoms with van der Waals surface area (Å²) < 4.78 is 5.21. The van der Waals surface area contributed by atoms with Crippen molar-refractivity contribution in [3.8, 4) is 11.1 Å². The van der Waals surface area contributed by atoms with Gasteiger partial charge in [-0.25, -0.2) is 0 Å². The van der Waals surface area contributed by atoms with E-state index in [2.05, 4.69) is 120 Å². The molecule has 0 aliphatic carbocycles. The number of hydrogen-bond acceptors (Lipinski definition) is 1. The van der Waals surface area contributed by atoms with E-state index in [0.29, 0.717) is 0 Å². The quantitative estimate of drug-likeness (QED) is 0.199. The van der Waals surface area contributed by atoms with Crippen LogP contribution in [0.15, 0.2) is 115 Å². The molecule has 0 fully saturated rings. The summed E-state index contributed by atoms with van der Waals surface area (Å²) in [5, 5.41) is 13.5. The van der Waals surface area contributed by atoms with E-state index in [1.165, 1.54) is 90.9 Å². The molecule has 0 saturated carbocycles. The molecule has 0 spiro atoms. The maximum Gasteiger partial charge on any atom is 0.0620 e. The van der Waals surface area contributed by atoms with Gasteiger partial charge in [-0.15, -0.1) is 11.3 Å². The lowest BCUT2D eigenvalue weighted by Crippen LogP contribution is -1.87. The third kappa shape index (κ3) is 2.17. The van der Waals surface area contributed by atoms with Gasteiger partial charge in [0.1, 0.15) is 0 Å². The first-order valence-corrected chi connectivity index (χ1v) is 13.9. The highest BCUT2D eigenvalue weighted by atomic mass is 32.1. The number of rotatable bonds is 1. The Morgan fingerprint density at radius 2 is 1.03 bits per heavy atom. The standard InChI is InChI=1S/C36H19NS/c1-2-14-29-22(7-1)25-11-4-12-26-28-19-20(17-18-30(28)37(29)36(25)26)21-8-3-9-23-24-10-5-15-31-34(24)35-27(33(21)23)13-6-16-32(35)38-31/h1-19H. The fourth-order valence-electron chi connectivity index (χ4n) is 7.21. The summed E-state index contributed by atoms with van der Waals surface area (Å²) in [7, 11) is 0. The largest absolute Gasteiger partial charge is 0.308 e. The maximum atomic E-state index is 2.46. The number of thiophene rings is 1. The summed E-state index contributed by atoms with van der Waals surface area (Å²) in [6, 6.07) is 43.0. The van der Waals surface area contributed by atoms with Crippen LogP contribution in [0.4, 0.5) is 0 Å². The van der Waals surface area contributed by atoms with Crippen LogP contribution in [0.25, 0.3) is 90.9 Å². The average molecular weight is 498 g/mol. The topological polar surface area (TPSA) is 4.41 Å². The monoisotopic (exact) mass is 497 g/mol. The van der Waals surface area contributed by atoms with Gasteiger partial charge in [0.05, 0.1) is 16.6 Å². The Labute approximate surface area is 221 Å². The molecular weight excluding hydrogens is 478 g/mol. The van der Waals surface area contributed by atoms with E-state index >= 15 is 0 Å². The fraction of sp³-hybridized carbons (Fsp3) is 0. The second-order valence-electron chi connectivity index (χ2n) is 10.5. The van der Waals surface area contributed by atoms with Crippen LogP contribution in [-0.2, 0) is 0 Å². The third-order valence-electron chi connectivity index (χ3n) is 8.68. The zero-order valence-corrected chi connectivity index (χ0v) is 21.1. The number of nitrogens with zero attached hydrogens (tertiary/aromatic N) is 1. The van der Waals surface area contributed by atoms with E-state index < -0.39 is 0 Å². The van der Waals surface area contributed by atoms with Crippen molar-refractivity contribution in [1.29, 1.82) is 0 Å². The van der Waals surface area contributed by atoms with E-state index in [4.69, 9.17) is 0 Å². The third-order valence-corrected chi connectivity index (χ3v) is 9.80. The van der Waals surface area contributed by atoms with E-state index in [-0.39, 0.29) is 0 Å². The first-order valence-electron chi connectivity index (χ1n) is 13.1. The lowest BCUT2D eigenvalue weighted by Gasteiger charge is -2.14. The minimum absolute atomic E-state index is 1.27. The molecule has 38 heavy (non-hydrogen) atoms. The predicted octanol–water partition coefficient (Wildman–Crippen LogP) is 10.6. The van der Waals surface area contributed by atoms with Gasteiger partial charge in [-0.2, -0.15) is 0 Å². The lowest BCUT2D eigenvalue weighted by atomic mass is 9.89. The Hall–Kier alpha value is -4.66. The highest BCUT2D eigenvalue weighted by molar-refractivity contribution is 7.26. The van der Waals surface area contributed by atoms with Crippen molar-refractivity contribution in [3.05, 3.63) is 115 Å². The zero-order chi connectivity index (χ0) is 24.5. The number of para-hydroxylation sites is 2. The van der Waals surface area contributed by atoms with Crippen molar-refractivity contribution in [2.24, 2.45) is 0 Å². The van der Waals surface area contributed by atoms with Crippen LogP contribution >= 0.6 is 11.3 Å². The molecule has 10 aromatic rings. The Morgan fingerprint density at radius 3 is 1.89 bits per heavy atom. The van der Waals surface area contributed by atoms with Gasteiger partial charge in [0, 0.05) is 41.7 Å². The van der Waals surface area contributed by atoms with Crippen molar-refractivity contribution in [1.82, 2.24) is 4.40 Å². The second-order valence-corrected chi connectivity index (χ2v) is 11.6. The van der Waals surface area contributed by atoms with Crippen molar-refractivity contribution < 1.29 is 0 Å². The SMILES string of the molecule is c1cc(-c2ccc3c(c2)c2cccc4c5ccccc5n3c42)c2c(c1)c1cccc3sc4cccc2c4c31. The second kappa shape index (κ2) is 6.61. The molecule has 0 amide bonds. The van der Waals surface area contributed by atoms with Crippen LogP contribution in [0.1, 0.15) is 0 Å². The van der Waals surface area contributed by atoms with Crippen molar-refractivity contribution in [2.75, 3.05) is 0 Å². The summed E-state index contributed by atoms with van der Waals surface area (Å²) in [4.78, 5) is 0. The zero-order valence-electron chi connectivity index (χ0n) is 20.3. The maximum absolute atomic E-state index is 2.46. The number of aromatic nitrogens is 1. The Balaban J connectivity index is 1.37. The molecule has 7 aromatic carbocycles. The first kappa shape index (κ1) is 19.5. The molecule has 1 nitrogen and oxygen atoms in total. The van der Waals surface area contributed by atoms with Crippen LogP contribution < -0.4 is 0 Å². The normalized spacial score (nSPS) is 12.7. The molecule has 3 heterocycles. The summed E-state index contributed by atoms with van der Waals surface area (Å²) >= 11 is 1.91. The van der Waals surface area contributed by atoms with Crippen molar-refractivity contribution in [2.45, 2.75) is 0 Å². The van der Waals surface area contributed by atoms with Gasteiger partial charge < -0.3 is 4.40 Å². The Morgan fingerprint density at radius 1 is 0.421 bits per heavy atom. The summed E-state index contributed by atoms with van der Waals surface area (Å²) in [6.45, 7) is 0. The van der Waals surface area contributed by atoms with Crippen molar-refractivity contribution in [3.63, 3.8) is 0 Å². The molecule has 3 aromatic heterocycles. The molecule has 0 atom stereocenters. The van der Waals surface area contributed by atoms with E-state index in [9.17, 15) is 0 Å². The minimum atomic E-state index is 1.27. The predicted molar refractivity (Wildman–Crippen MR) is 166 cm³/mol. The Kier molecular flexibility index (Phi) is 3.38. The molecule has 0 bridgehead atoms. The molecule has 0 radical (unpaired) electrons. The van der Waals surface area contributed by atoms with Gasteiger partial charge in [-0.05, 0) is 63.0 Å². The van der Waals surface area contributed by atoms with Crippen LogP contribution in [0.3, 0.4) is 0 Å². The lowest BCUT2D eigenvalue weighted by molar-refractivity contribution is 1.37. The minimum Gasteiger partial charge on any atom is -0.308 e. The summed E-state index contributed by atoms with van der Waals surface area (Å²) in [5.41, 5.74) is 6.47. The molecule has 174 valence electrons. The van der Waals surface area contributed by atoms with Crippen LogP contribution in [0, 0.1) is 0 Å². The molecule has 0 N–H and O–H groups in total. The molecule has 0 aliphatic heterocycles. The van der Waals surface area contributed by atoms with Gasteiger partial charge in [0.2, 0.25) is 0 Å². The van der Waals surface area contributed by atoms with Crippen LogP contribution in [0.5, 0.6) is 0 Å². The van der Waals surface area contributed by atoms with Gasteiger partial charge in [-0.1, -0.05) is 84.9 Å². The molecule has 0 saturated heterocycles. The Bertz CT molecular complexity index is 2560. The van der Waals surface area contributed by atoms with Gasteiger partial charge in [-0.3, -0.25) is 0 Å². The smallest absolute Gasteiger partial charge is 0.0620 e.